The lowest BCUT2D eigenvalue weighted by Gasteiger charge is -2.38. The second-order valence-electron chi connectivity index (χ2n) is 14.8. The molecule has 6 rings (SSSR count). The summed E-state index contributed by atoms with van der Waals surface area (Å²) in [6.45, 7) is 24.0. The van der Waals surface area contributed by atoms with Crippen LogP contribution in [0.3, 0.4) is 0 Å². The molecule has 212 valence electrons. The van der Waals surface area contributed by atoms with Gasteiger partial charge in [0.25, 0.3) is 0 Å². The van der Waals surface area contributed by atoms with Gasteiger partial charge in [-0.1, -0.05) is 79.7 Å². The lowest BCUT2D eigenvalue weighted by Crippen LogP contribution is -2.31. The Morgan fingerprint density at radius 3 is 1.15 bits per heavy atom. The molecule has 0 atom stereocenters. The Morgan fingerprint density at radius 1 is 0.525 bits per heavy atom. The van der Waals surface area contributed by atoms with Crippen molar-refractivity contribution < 1.29 is 0 Å². The summed E-state index contributed by atoms with van der Waals surface area (Å²) in [6.07, 6.45) is 4.86. The molecule has 0 nitrogen and oxygen atoms in total. The van der Waals surface area contributed by atoms with E-state index in [0.29, 0.717) is 23.7 Å². The first kappa shape index (κ1) is 28.2. The van der Waals surface area contributed by atoms with Crippen molar-refractivity contribution in [2.24, 2.45) is 23.7 Å². The van der Waals surface area contributed by atoms with Gasteiger partial charge in [0.05, 0.1) is 0 Å². The zero-order chi connectivity index (χ0) is 28.7. The molecule has 0 aliphatic heterocycles. The average molecular weight is 569 g/mol. The third-order valence-electron chi connectivity index (χ3n) is 9.42. The van der Waals surface area contributed by atoms with E-state index in [4.69, 9.17) is 0 Å². The lowest BCUT2D eigenvalue weighted by molar-refractivity contribution is 0.338. The third-order valence-corrected chi connectivity index (χ3v) is 11.6. The molecule has 0 radical (unpaired) electrons. The fourth-order valence-electron chi connectivity index (χ4n) is 9.03. The topological polar surface area (TPSA) is 0 Å². The minimum atomic E-state index is 0.0876. The zero-order valence-electron chi connectivity index (χ0n) is 26.4. The van der Waals surface area contributed by atoms with Crippen molar-refractivity contribution in [3.05, 3.63) is 68.4 Å². The smallest absolute Gasteiger partial charge is 0.0389 e. The lowest BCUT2D eigenvalue weighted by atomic mass is 9.65. The second-order valence-corrected chi connectivity index (χ2v) is 17.3. The predicted octanol–water partition coefficient (Wildman–Crippen LogP) is 12.3. The Bertz CT molecular complexity index is 1450. The molecule has 4 aromatic rings. The van der Waals surface area contributed by atoms with Crippen molar-refractivity contribution in [3.8, 4) is 20.9 Å². The Hall–Kier alpha value is -1.90. The van der Waals surface area contributed by atoms with E-state index in [0.717, 1.165) is 0 Å². The van der Waals surface area contributed by atoms with E-state index in [9.17, 15) is 0 Å². The Balaban J connectivity index is 1.72. The summed E-state index contributed by atoms with van der Waals surface area (Å²) in [5.74, 6) is 2.55. The largest absolute Gasteiger partial charge is 0.140 e. The van der Waals surface area contributed by atoms with Crippen molar-refractivity contribution in [2.45, 2.75) is 106 Å². The molecular weight excluding hydrogens is 521 g/mol. The number of hydrogen-bond acceptors (Lipinski definition) is 2. The predicted molar refractivity (Wildman–Crippen MR) is 179 cm³/mol. The molecule has 0 saturated carbocycles. The molecule has 40 heavy (non-hydrogen) atoms. The highest BCUT2D eigenvalue weighted by atomic mass is 32.1. The molecule has 0 saturated heterocycles. The SMILES string of the molecule is Cc1cc2c(s1)-c1ccc3c4c(ccc3c1C2(CC(C)C)CC(C)C)-c1sc(C)cc1C4(CC(C)C)CC(C)C. The van der Waals surface area contributed by atoms with Crippen molar-refractivity contribution in [2.75, 3.05) is 0 Å². The molecule has 0 N–H and O–H groups in total. The fraction of sp³-hybridized carbons (Fsp3) is 0.526. The molecule has 0 spiro atoms. The molecule has 2 aliphatic rings. The maximum atomic E-state index is 2.55. The van der Waals surface area contributed by atoms with Gasteiger partial charge in [0.15, 0.2) is 0 Å². The maximum Gasteiger partial charge on any atom is 0.0389 e. The molecule has 0 amide bonds. The van der Waals surface area contributed by atoms with Crippen LogP contribution >= 0.6 is 22.7 Å². The van der Waals surface area contributed by atoms with E-state index in [2.05, 4.69) is 106 Å². The third kappa shape index (κ3) is 4.10. The van der Waals surface area contributed by atoms with Crippen molar-refractivity contribution in [1.29, 1.82) is 0 Å². The van der Waals surface area contributed by atoms with Crippen molar-refractivity contribution >= 4 is 33.4 Å². The van der Waals surface area contributed by atoms with Crippen LogP contribution in [0.25, 0.3) is 31.7 Å². The van der Waals surface area contributed by atoms with E-state index < -0.39 is 0 Å². The second kappa shape index (κ2) is 9.84. The Morgan fingerprint density at radius 2 is 0.850 bits per heavy atom. The van der Waals surface area contributed by atoms with Crippen LogP contribution in [0, 0.1) is 37.5 Å². The summed E-state index contributed by atoms with van der Waals surface area (Å²) in [4.78, 5) is 5.99. The highest BCUT2D eigenvalue weighted by molar-refractivity contribution is 7.16. The van der Waals surface area contributed by atoms with Gasteiger partial charge < -0.3 is 0 Å². The molecule has 2 aliphatic carbocycles. The van der Waals surface area contributed by atoms with Crippen molar-refractivity contribution in [1.82, 2.24) is 0 Å². The molecule has 2 heteroatoms. The van der Waals surface area contributed by atoms with E-state index in [1.165, 1.54) is 57.3 Å². The van der Waals surface area contributed by atoms with Gasteiger partial charge in [0.1, 0.15) is 0 Å². The van der Waals surface area contributed by atoms with Crippen LogP contribution in [-0.4, -0.2) is 0 Å². The van der Waals surface area contributed by atoms with Gasteiger partial charge in [0.2, 0.25) is 0 Å². The average Bonchev–Trinajstić information content (AvgIpc) is 3.53. The van der Waals surface area contributed by atoms with Crippen molar-refractivity contribution in [3.63, 3.8) is 0 Å². The van der Waals surface area contributed by atoms with Gasteiger partial charge >= 0.3 is 0 Å². The minimum absolute atomic E-state index is 0.0876. The number of fused-ring (bicyclic) bond motifs is 9. The van der Waals surface area contributed by atoms with Gasteiger partial charge in [0, 0.05) is 30.3 Å². The van der Waals surface area contributed by atoms with E-state index in [-0.39, 0.29) is 10.8 Å². The van der Waals surface area contributed by atoms with Crippen LogP contribution in [0.5, 0.6) is 0 Å². The summed E-state index contributed by atoms with van der Waals surface area (Å²) in [5.41, 5.74) is 9.73. The van der Waals surface area contributed by atoms with E-state index >= 15 is 0 Å². The van der Waals surface area contributed by atoms with Crippen LogP contribution in [0.1, 0.15) is 113 Å². The monoisotopic (exact) mass is 568 g/mol. The molecule has 2 heterocycles. The molecule has 0 bridgehead atoms. The highest BCUT2D eigenvalue weighted by Crippen LogP contribution is 2.63. The van der Waals surface area contributed by atoms with Crippen LogP contribution in [0.15, 0.2) is 36.4 Å². The first-order chi connectivity index (χ1) is 18.9. The molecule has 0 unspecified atom stereocenters. The van der Waals surface area contributed by atoms with Crippen LogP contribution < -0.4 is 0 Å². The fourth-order valence-corrected chi connectivity index (χ4v) is 11.3. The normalized spacial score (nSPS) is 16.4. The van der Waals surface area contributed by atoms with Crippen LogP contribution in [0.2, 0.25) is 0 Å². The number of thiophene rings is 2. The summed E-state index contributed by atoms with van der Waals surface area (Å²) < 4.78 is 0. The Labute approximate surface area is 251 Å². The van der Waals surface area contributed by atoms with Crippen LogP contribution in [-0.2, 0) is 10.8 Å². The number of aryl methyl sites for hydroxylation is 2. The number of rotatable bonds is 8. The Kier molecular flexibility index (Phi) is 6.94. The summed E-state index contributed by atoms with van der Waals surface area (Å²) in [7, 11) is 0. The quantitative estimate of drug-likeness (QED) is 0.198. The first-order valence-corrected chi connectivity index (χ1v) is 17.3. The van der Waals surface area contributed by atoms with Gasteiger partial charge in [-0.05, 0) is 119 Å². The highest BCUT2D eigenvalue weighted by Gasteiger charge is 2.49. The minimum Gasteiger partial charge on any atom is -0.140 e. The number of hydrogen-bond donors (Lipinski definition) is 0. The molecule has 2 aromatic heterocycles. The van der Waals surface area contributed by atoms with Gasteiger partial charge in [-0.25, -0.2) is 0 Å². The molecular formula is C38H48S2. The maximum absolute atomic E-state index is 2.55. The summed E-state index contributed by atoms with van der Waals surface area (Å²) in [5, 5.41) is 3.06. The zero-order valence-corrected chi connectivity index (χ0v) is 28.1. The van der Waals surface area contributed by atoms with Gasteiger partial charge in [-0.15, -0.1) is 22.7 Å². The standard InChI is InChI=1S/C38H48S2/c1-21(2)17-37(18-22(3)4)31-15-25(9)39-35(31)29-13-12-28-27(33(29)37)11-14-30-34(28)38(19-23(5)6,20-24(7)8)32-16-26(10)40-36(30)32/h11-16,21-24H,17-20H2,1-10H3. The first-order valence-electron chi connectivity index (χ1n) is 15.7. The van der Waals surface area contributed by atoms with E-state index in [1.807, 2.05) is 22.7 Å². The summed E-state index contributed by atoms with van der Waals surface area (Å²) in [6, 6.07) is 15.2. The molecule has 0 fully saturated rings. The summed E-state index contributed by atoms with van der Waals surface area (Å²) >= 11 is 4.04. The van der Waals surface area contributed by atoms with Crippen LogP contribution in [0.4, 0.5) is 0 Å². The van der Waals surface area contributed by atoms with E-state index in [1.54, 1.807) is 32.0 Å². The van der Waals surface area contributed by atoms with Gasteiger partial charge in [-0.2, -0.15) is 0 Å². The van der Waals surface area contributed by atoms with Gasteiger partial charge in [-0.3, -0.25) is 0 Å². The molecule has 2 aromatic carbocycles. The number of benzene rings is 2.